The zero-order valence-electron chi connectivity index (χ0n) is 8.00. The minimum absolute atomic E-state index is 0.207. The minimum Gasteiger partial charge on any atom is -0.325 e. The highest BCUT2D eigenvalue weighted by atomic mass is 16.1. The fourth-order valence-electron chi connectivity index (χ4n) is 1.73. The molecule has 1 aromatic rings. The summed E-state index contributed by atoms with van der Waals surface area (Å²) >= 11 is 0. The van der Waals surface area contributed by atoms with Crippen molar-refractivity contribution in [3.63, 3.8) is 0 Å². The number of aromatic amines is 1. The summed E-state index contributed by atoms with van der Waals surface area (Å²) in [4.78, 5) is 16.2. The molecule has 0 saturated heterocycles. The lowest BCUT2D eigenvalue weighted by Crippen LogP contribution is -2.29. The van der Waals surface area contributed by atoms with Crippen LogP contribution in [0.3, 0.4) is 0 Å². The molecule has 0 aromatic carbocycles. The lowest BCUT2D eigenvalue weighted by Gasteiger charge is -2.24. The van der Waals surface area contributed by atoms with Crippen molar-refractivity contribution in [1.29, 1.82) is 5.26 Å². The first kappa shape index (κ1) is 8.97. The van der Waals surface area contributed by atoms with Gasteiger partial charge in [0.15, 0.2) is 0 Å². The Bertz CT molecular complexity index is 455. The topological polar surface area (TPSA) is 59.9 Å². The van der Waals surface area contributed by atoms with E-state index < -0.39 is 0 Å². The van der Waals surface area contributed by atoms with Crippen LogP contribution in [-0.4, -0.2) is 23.5 Å². The molecule has 2 rings (SSSR count). The molecule has 0 saturated carbocycles. The molecule has 0 aliphatic carbocycles. The van der Waals surface area contributed by atoms with Gasteiger partial charge in [-0.2, -0.15) is 5.26 Å². The lowest BCUT2D eigenvalue weighted by molar-refractivity contribution is 0.309. The fraction of sp³-hybridized carbons (Fsp3) is 0.400. The Morgan fingerprint density at radius 3 is 3.14 bits per heavy atom. The molecule has 0 spiro atoms. The first-order valence-electron chi connectivity index (χ1n) is 4.54. The van der Waals surface area contributed by atoms with E-state index in [1.807, 2.05) is 13.1 Å². The SMILES string of the molecule is CN1CCc2[nH]c(=O)c(C#N)cc2C1. The molecule has 14 heavy (non-hydrogen) atoms. The first-order valence-corrected chi connectivity index (χ1v) is 4.54. The third-order valence-electron chi connectivity index (χ3n) is 2.52. The second-order valence-corrected chi connectivity index (χ2v) is 3.62. The predicted octanol–water partition coefficient (Wildman–Crippen LogP) is 0.234. The van der Waals surface area contributed by atoms with Crippen LogP contribution in [0.5, 0.6) is 0 Å². The fourth-order valence-corrected chi connectivity index (χ4v) is 1.73. The van der Waals surface area contributed by atoms with Gasteiger partial charge in [-0.25, -0.2) is 0 Å². The van der Waals surface area contributed by atoms with Gasteiger partial charge in [0.2, 0.25) is 0 Å². The molecule has 2 heterocycles. The molecule has 0 bridgehead atoms. The quantitative estimate of drug-likeness (QED) is 0.635. The van der Waals surface area contributed by atoms with Crippen molar-refractivity contribution in [2.45, 2.75) is 13.0 Å². The number of H-pyrrole nitrogens is 1. The molecule has 4 heteroatoms. The van der Waals surface area contributed by atoms with E-state index in [1.54, 1.807) is 6.07 Å². The van der Waals surface area contributed by atoms with Gasteiger partial charge in [0.05, 0.1) is 0 Å². The molecule has 1 aliphatic heterocycles. The predicted molar refractivity (Wildman–Crippen MR) is 51.8 cm³/mol. The number of aromatic nitrogens is 1. The highest BCUT2D eigenvalue weighted by Gasteiger charge is 2.15. The van der Waals surface area contributed by atoms with Crippen molar-refractivity contribution < 1.29 is 0 Å². The Morgan fingerprint density at radius 1 is 1.64 bits per heavy atom. The Labute approximate surface area is 81.8 Å². The summed E-state index contributed by atoms with van der Waals surface area (Å²) in [7, 11) is 2.03. The van der Waals surface area contributed by atoms with Gasteiger partial charge in [0, 0.05) is 25.2 Å². The van der Waals surface area contributed by atoms with Gasteiger partial charge in [-0.15, -0.1) is 0 Å². The Kier molecular flexibility index (Phi) is 2.10. The number of nitrogens with zero attached hydrogens (tertiary/aromatic N) is 2. The van der Waals surface area contributed by atoms with Crippen molar-refractivity contribution in [3.8, 4) is 6.07 Å². The molecule has 1 N–H and O–H groups in total. The number of pyridine rings is 1. The van der Waals surface area contributed by atoms with Gasteiger partial charge in [-0.05, 0) is 18.7 Å². The summed E-state index contributed by atoms with van der Waals surface area (Å²) in [5.41, 5.74) is 1.98. The summed E-state index contributed by atoms with van der Waals surface area (Å²) in [5, 5.41) is 8.70. The number of likely N-dealkylation sites (N-methyl/N-ethyl adjacent to an activating group) is 1. The van der Waals surface area contributed by atoms with Crippen molar-refractivity contribution in [1.82, 2.24) is 9.88 Å². The summed E-state index contributed by atoms with van der Waals surface area (Å²) in [6.07, 6.45) is 0.854. The Morgan fingerprint density at radius 2 is 2.43 bits per heavy atom. The first-order chi connectivity index (χ1) is 6.70. The van der Waals surface area contributed by atoms with E-state index in [4.69, 9.17) is 5.26 Å². The molecular weight excluding hydrogens is 178 g/mol. The average Bonchev–Trinajstić information content (AvgIpc) is 2.17. The van der Waals surface area contributed by atoms with Gasteiger partial charge < -0.3 is 9.88 Å². The van der Waals surface area contributed by atoms with E-state index in [9.17, 15) is 4.79 Å². The van der Waals surface area contributed by atoms with E-state index in [1.165, 1.54) is 0 Å². The Balaban J connectivity index is 2.53. The number of nitrogens with one attached hydrogen (secondary N) is 1. The zero-order chi connectivity index (χ0) is 10.1. The number of hydrogen-bond acceptors (Lipinski definition) is 3. The lowest BCUT2D eigenvalue weighted by atomic mass is 10.0. The van der Waals surface area contributed by atoms with Gasteiger partial charge in [0.25, 0.3) is 5.56 Å². The highest BCUT2D eigenvalue weighted by molar-refractivity contribution is 5.34. The molecule has 4 nitrogen and oxygen atoms in total. The standard InChI is InChI=1S/C10H11N3O/c1-13-3-2-9-8(6-13)4-7(5-11)10(14)12-9/h4H,2-3,6H2,1H3,(H,12,14). The molecule has 1 aliphatic rings. The maximum atomic E-state index is 11.3. The van der Waals surface area contributed by atoms with Gasteiger partial charge in [-0.1, -0.05) is 0 Å². The highest BCUT2D eigenvalue weighted by Crippen LogP contribution is 2.14. The minimum atomic E-state index is -0.268. The van der Waals surface area contributed by atoms with Crippen molar-refractivity contribution >= 4 is 0 Å². The van der Waals surface area contributed by atoms with E-state index >= 15 is 0 Å². The molecule has 0 radical (unpaired) electrons. The van der Waals surface area contributed by atoms with Crippen LogP contribution in [0.1, 0.15) is 16.8 Å². The monoisotopic (exact) mass is 189 g/mol. The van der Waals surface area contributed by atoms with E-state index in [0.717, 1.165) is 30.8 Å². The van der Waals surface area contributed by atoms with Crippen LogP contribution in [0.2, 0.25) is 0 Å². The van der Waals surface area contributed by atoms with E-state index in [-0.39, 0.29) is 11.1 Å². The number of hydrogen-bond donors (Lipinski definition) is 1. The van der Waals surface area contributed by atoms with Crippen molar-refractivity contribution in [3.05, 3.63) is 33.2 Å². The molecule has 0 amide bonds. The third-order valence-corrected chi connectivity index (χ3v) is 2.52. The van der Waals surface area contributed by atoms with Crippen LogP contribution in [0.15, 0.2) is 10.9 Å². The maximum Gasteiger partial charge on any atom is 0.266 e. The van der Waals surface area contributed by atoms with Gasteiger partial charge in [0.1, 0.15) is 11.6 Å². The summed E-state index contributed by atoms with van der Waals surface area (Å²) in [6.45, 7) is 1.76. The van der Waals surface area contributed by atoms with Crippen LogP contribution in [0.25, 0.3) is 0 Å². The second kappa shape index (κ2) is 3.28. The molecule has 0 atom stereocenters. The van der Waals surface area contributed by atoms with Crippen LogP contribution in [0.4, 0.5) is 0 Å². The van der Waals surface area contributed by atoms with Crippen LogP contribution in [-0.2, 0) is 13.0 Å². The van der Waals surface area contributed by atoms with E-state index in [0.29, 0.717) is 0 Å². The Hall–Kier alpha value is -1.60. The molecular formula is C10H11N3O. The molecule has 1 aromatic heterocycles. The van der Waals surface area contributed by atoms with Crippen molar-refractivity contribution in [2.24, 2.45) is 0 Å². The normalized spacial score (nSPS) is 16.0. The number of fused-ring (bicyclic) bond motifs is 1. The van der Waals surface area contributed by atoms with Crippen LogP contribution < -0.4 is 5.56 Å². The molecule has 0 fully saturated rings. The van der Waals surface area contributed by atoms with Crippen LogP contribution in [0, 0.1) is 11.3 Å². The maximum absolute atomic E-state index is 11.3. The summed E-state index contributed by atoms with van der Waals surface area (Å²) in [6, 6.07) is 3.60. The zero-order valence-corrected chi connectivity index (χ0v) is 8.00. The third kappa shape index (κ3) is 1.42. The van der Waals surface area contributed by atoms with Gasteiger partial charge >= 0.3 is 0 Å². The van der Waals surface area contributed by atoms with Gasteiger partial charge in [-0.3, -0.25) is 4.79 Å². The average molecular weight is 189 g/mol. The molecule has 0 unspecified atom stereocenters. The number of nitriles is 1. The number of rotatable bonds is 0. The van der Waals surface area contributed by atoms with E-state index in [2.05, 4.69) is 9.88 Å². The summed E-state index contributed by atoms with van der Waals surface area (Å²) < 4.78 is 0. The van der Waals surface area contributed by atoms with Crippen LogP contribution >= 0.6 is 0 Å². The smallest absolute Gasteiger partial charge is 0.266 e. The summed E-state index contributed by atoms with van der Waals surface area (Å²) in [5.74, 6) is 0. The van der Waals surface area contributed by atoms with Crippen molar-refractivity contribution in [2.75, 3.05) is 13.6 Å². The largest absolute Gasteiger partial charge is 0.325 e. The second-order valence-electron chi connectivity index (χ2n) is 3.62. The molecule has 72 valence electrons.